The maximum atomic E-state index is 11.4. The summed E-state index contributed by atoms with van der Waals surface area (Å²) in [4.78, 5) is 15.5. The van der Waals surface area contributed by atoms with Crippen molar-refractivity contribution in [3.8, 4) is 0 Å². The highest BCUT2D eigenvalue weighted by molar-refractivity contribution is 5.94. The van der Waals surface area contributed by atoms with Gasteiger partial charge in [0.05, 0.1) is 6.33 Å². The number of carbonyl (C=O) groups excluding carboxylic acids is 1. The van der Waals surface area contributed by atoms with Gasteiger partial charge in [0.2, 0.25) is 5.91 Å². The molecule has 3 rings (SSSR count). The first kappa shape index (κ1) is 13.6. The number of fused-ring (bicyclic) bond motifs is 1. The molecule has 0 atom stereocenters. The van der Waals surface area contributed by atoms with Crippen molar-refractivity contribution in [1.29, 1.82) is 0 Å². The van der Waals surface area contributed by atoms with Gasteiger partial charge in [0.15, 0.2) is 0 Å². The van der Waals surface area contributed by atoms with Crippen LogP contribution in [0.4, 0.5) is 5.69 Å². The first-order valence-corrected chi connectivity index (χ1v) is 7.37. The van der Waals surface area contributed by atoms with Crippen LogP contribution in [0, 0.1) is 0 Å². The summed E-state index contributed by atoms with van der Waals surface area (Å²) in [5, 5.41) is 2.93. The molecule has 4 nitrogen and oxygen atoms in total. The van der Waals surface area contributed by atoms with E-state index >= 15 is 0 Å². The number of aromatic nitrogens is 2. The molecule has 0 bridgehead atoms. The first-order chi connectivity index (χ1) is 10.3. The van der Waals surface area contributed by atoms with Gasteiger partial charge in [-0.3, -0.25) is 4.79 Å². The molecule has 0 aliphatic carbocycles. The van der Waals surface area contributed by atoms with Crippen LogP contribution in [0.25, 0.3) is 11.8 Å². The number of benzene rings is 1. The average molecular weight is 281 g/mol. The number of anilines is 1. The highest BCUT2D eigenvalue weighted by Gasteiger charge is 2.15. The van der Waals surface area contributed by atoms with Crippen LogP contribution in [0.5, 0.6) is 0 Å². The highest BCUT2D eigenvalue weighted by atomic mass is 16.1. The number of rotatable bonds is 4. The maximum absolute atomic E-state index is 11.4. The molecular weight excluding hydrogens is 262 g/mol. The fourth-order valence-corrected chi connectivity index (χ4v) is 2.66. The van der Waals surface area contributed by atoms with Crippen LogP contribution in [0.3, 0.4) is 0 Å². The Bertz CT molecular complexity index is 671. The maximum Gasteiger partial charge on any atom is 0.224 e. The molecule has 2 aromatic rings. The number of amides is 1. The van der Waals surface area contributed by atoms with E-state index in [-0.39, 0.29) is 5.91 Å². The van der Waals surface area contributed by atoms with E-state index in [9.17, 15) is 4.79 Å². The third-order valence-electron chi connectivity index (χ3n) is 3.72. The predicted octanol–water partition coefficient (Wildman–Crippen LogP) is 3.57. The van der Waals surface area contributed by atoms with E-state index in [4.69, 9.17) is 0 Å². The van der Waals surface area contributed by atoms with Crippen LogP contribution in [-0.4, -0.2) is 15.5 Å². The fourth-order valence-electron chi connectivity index (χ4n) is 2.66. The molecule has 1 aliphatic rings. The molecule has 1 aromatic heterocycles. The van der Waals surface area contributed by atoms with Gasteiger partial charge in [-0.15, -0.1) is 0 Å². The molecule has 0 radical (unpaired) electrons. The largest absolute Gasteiger partial charge is 0.326 e. The van der Waals surface area contributed by atoms with Gasteiger partial charge in [-0.05, 0) is 41.7 Å². The average Bonchev–Trinajstić information content (AvgIpc) is 2.99. The topological polar surface area (TPSA) is 46.9 Å². The zero-order valence-corrected chi connectivity index (χ0v) is 12.2. The van der Waals surface area contributed by atoms with Gasteiger partial charge in [-0.1, -0.05) is 19.4 Å². The molecule has 0 saturated heterocycles. The molecule has 4 heteroatoms. The van der Waals surface area contributed by atoms with Gasteiger partial charge < -0.3 is 9.88 Å². The van der Waals surface area contributed by atoms with Crippen molar-refractivity contribution in [3.63, 3.8) is 0 Å². The predicted molar refractivity (Wildman–Crippen MR) is 84.7 cm³/mol. The molecule has 1 N–H and O–H groups in total. The molecule has 1 aliphatic heterocycles. The van der Waals surface area contributed by atoms with Crippen LogP contribution >= 0.6 is 0 Å². The van der Waals surface area contributed by atoms with Crippen LogP contribution in [0.2, 0.25) is 0 Å². The monoisotopic (exact) mass is 281 g/mol. The van der Waals surface area contributed by atoms with E-state index in [0.717, 1.165) is 24.9 Å². The summed E-state index contributed by atoms with van der Waals surface area (Å²) in [5.74, 6) is 0.109. The Hall–Kier alpha value is -2.36. The van der Waals surface area contributed by atoms with Crippen molar-refractivity contribution < 1.29 is 4.79 Å². The smallest absolute Gasteiger partial charge is 0.224 e. The molecule has 0 fully saturated rings. The van der Waals surface area contributed by atoms with E-state index in [0.29, 0.717) is 6.42 Å². The summed E-state index contributed by atoms with van der Waals surface area (Å²) in [6.07, 6.45) is 11.1. The van der Waals surface area contributed by atoms with E-state index in [1.54, 1.807) is 12.5 Å². The van der Waals surface area contributed by atoms with Gasteiger partial charge in [0.25, 0.3) is 0 Å². The number of nitrogens with zero attached hydrogens (tertiary/aromatic N) is 2. The van der Waals surface area contributed by atoms with Crippen molar-refractivity contribution in [3.05, 3.63) is 48.0 Å². The molecule has 21 heavy (non-hydrogen) atoms. The van der Waals surface area contributed by atoms with Crippen molar-refractivity contribution in [2.45, 2.75) is 32.6 Å². The minimum atomic E-state index is 0.109. The van der Waals surface area contributed by atoms with Crippen molar-refractivity contribution in [1.82, 2.24) is 9.55 Å². The molecular formula is C17H19N3O. The van der Waals surface area contributed by atoms with Crippen LogP contribution in [0.15, 0.2) is 36.9 Å². The summed E-state index contributed by atoms with van der Waals surface area (Å²) in [7, 11) is 0. The zero-order valence-electron chi connectivity index (χ0n) is 12.2. The third kappa shape index (κ3) is 3.05. The standard InChI is InChI=1S/C17H19N3O/c1-2-3-15(11-20-9-8-18-12-20)13-4-6-16-14(10-13)5-7-17(21)19-16/h4,6,8-12H,2-3,5,7H2,1H3,(H,19,21)/b15-11+. The van der Waals surface area contributed by atoms with Gasteiger partial charge in [-0.25, -0.2) is 4.98 Å². The van der Waals surface area contributed by atoms with Crippen LogP contribution in [-0.2, 0) is 11.2 Å². The number of carbonyl (C=O) groups is 1. The summed E-state index contributed by atoms with van der Waals surface area (Å²) >= 11 is 0. The lowest BCUT2D eigenvalue weighted by molar-refractivity contribution is -0.116. The van der Waals surface area contributed by atoms with E-state index in [2.05, 4.69) is 35.6 Å². The fraction of sp³-hybridized carbons (Fsp3) is 0.294. The first-order valence-electron chi connectivity index (χ1n) is 7.37. The number of allylic oxidation sites excluding steroid dienone is 1. The Morgan fingerprint density at radius 1 is 1.43 bits per heavy atom. The quantitative estimate of drug-likeness (QED) is 0.931. The summed E-state index contributed by atoms with van der Waals surface area (Å²) in [5.41, 5.74) is 4.68. The SMILES string of the molecule is CCC/C(=C\n1ccnc1)c1ccc2c(c1)CCC(=O)N2. The molecule has 0 saturated carbocycles. The number of imidazole rings is 1. The van der Waals surface area contributed by atoms with E-state index in [1.807, 2.05) is 16.8 Å². The lowest BCUT2D eigenvalue weighted by atomic mass is 9.95. The lowest BCUT2D eigenvalue weighted by Crippen LogP contribution is -2.18. The minimum absolute atomic E-state index is 0.109. The molecule has 0 unspecified atom stereocenters. The molecule has 108 valence electrons. The molecule has 2 heterocycles. The number of hydrogen-bond acceptors (Lipinski definition) is 2. The van der Waals surface area contributed by atoms with Gasteiger partial charge in [0.1, 0.15) is 0 Å². The highest BCUT2D eigenvalue weighted by Crippen LogP contribution is 2.28. The number of aryl methyl sites for hydroxylation is 1. The van der Waals surface area contributed by atoms with Gasteiger partial charge >= 0.3 is 0 Å². The Labute approximate surface area is 124 Å². The Morgan fingerprint density at radius 2 is 2.33 bits per heavy atom. The second-order valence-corrected chi connectivity index (χ2v) is 5.33. The van der Waals surface area contributed by atoms with Gasteiger partial charge in [0, 0.05) is 30.7 Å². The molecule has 1 amide bonds. The van der Waals surface area contributed by atoms with E-state index < -0.39 is 0 Å². The van der Waals surface area contributed by atoms with Crippen LogP contribution < -0.4 is 5.32 Å². The summed E-state index contributed by atoms with van der Waals surface area (Å²) in [6, 6.07) is 6.30. The summed E-state index contributed by atoms with van der Waals surface area (Å²) in [6.45, 7) is 2.18. The van der Waals surface area contributed by atoms with Crippen molar-refractivity contribution in [2.75, 3.05) is 5.32 Å². The summed E-state index contributed by atoms with van der Waals surface area (Å²) < 4.78 is 1.98. The number of nitrogens with one attached hydrogen (secondary N) is 1. The molecule has 0 spiro atoms. The van der Waals surface area contributed by atoms with Crippen molar-refractivity contribution in [2.24, 2.45) is 0 Å². The Balaban J connectivity index is 1.95. The normalized spacial score (nSPS) is 14.7. The van der Waals surface area contributed by atoms with Crippen molar-refractivity contribution >= 4 is 23.4 Å². The van der Waals surface area contributed by atoms with E-state index in [1.165, 1.54) is 16.7 Å². The van der Waals surface area contributed by atoms with Gasteiger partial charge in [-0.2, -0.15) is 0 Å². The second kappa shape index (κ2) is 5.95. The van der Waals surface area contributed by atoms with Crippen LogP contribution in [0.1, 0.15) is 37.3 Å². The zero-order chi connectivity index (χ0) is 14.7. The second-order valence-electron chi connectivity index (χ2n) is 5.33. The Kier molecular flexibility index (Phi) is 3.86. The minimum Gasteiger partial charge on any atom is -0.326 e. The molecule has 1 aromatic carbocycles. The Morgan fingerprint density at radius 3 is 3.10 bits per heavy atom. The lowest BCUT2D eigenvalue weighted by Gasteiger charge is -2.18. The number of hydrogen-bond donors (Lipinski definition) is 1. The third-order valence-corrected chi connectivity index (χ3v) is 3.72.